The minimum Gasteiger partial charge on any atom is -0.309 e. The Labute approximate surface area is 283 Å². The molecule has 4 nitrogen and oxygen atoms in total. The van der Waals surface area contributed by atoms with Crippen molar-refractivity contribution in [2.24, 2.45) is 0 Å². The fourth-order valence-electron chi connectivity index (χ4n) is 7.41. The molecule has 0 N–H and O–H groups in total. The normalized spacial score (nSPS) is 11.3. The first-order valence-electron chi connectivity index (χ1n) is 16.3. The lowest BCUT2D eigenvalue weighted by molar-refractivity contribution is 1.18. The number of para-hydroxylation sites is 3. The maximum atomic E-state index is 10.2. The lowest BCUT2D eigenvalue weighted by Gasteiger charge is -2.13. The zero-order chi connectivity index (χ0) is 33.1. The molecule has 0 atom stereocenters. The van der Waals surface area contributed by atoms with Gasteiger partial charge in [-0.25, -0.2) is 0 Å². The fraction of sp³-hybridized carbons (Fsp3) is 0.0222. The molecule has 0 spiro atoms. The van der Waals surface area contributed by atoms with Crippen LogP contribution in [0.5, 0.6) is 0 Å². The molecule has 2 aromatic heterocycles. The molecular weight excluding hydrogens is 597 g/mol. The standard InChI is InChI=1S/C45H28N4/c1-29-14-23-45-41(24-29)38-10-4-7-13-44(38)49(45)35-21-17-31(18-22-35)40-26-39(32(27-46)25-33(40)28-47)30-15-19-34(20-16-30)48-42-11-5-2-8-36(42)37-9-3-6-12-43(37)48/h2-26H,1H3. The van der Waals surface area contributed by atoms with Gasteiger partial charge in [0.25, 0.3) is 0 Å². The zero-order valence-corrected chi connectivity index (χ0v) is 26.7. The van der Waals surface area contributed by atoms with E-state index in [-0.39, 0.29) is 0 Å². The van der Waals surface area contributed by atoms with Gasteiger partial charge in [-0.05, 0) is 84.8 Å². The maximum Gasteiger partial charge on any atom is 0.0998 e. The third-order valence-electron chi connectivity index (χ3n) is 9.68. The van der Waals surface area contributed by atoms with Crippen LogP contribution in [0.25, 0.3) is 77.2 Å². The first-order valence-corrected chi connectivity index (χ1v) is 16.3. The van der Waals surface area contributed by atoms with E-state index in [1.54, 1.807) is 6.07 Å². The van der Waals surface area contributed by atoms with Crippen LogP contribution < -0.4 is 0 Å². The summed E-state index contributed by atoms with van der Waals surface area (Å²) in [5, 5.41) is 25.2. The highest BCUT2D eigenvalue weighted by molar-refractivity contribution is 6.10. The Morgan fingerprint density at radius 3 is 1.27 bits per heavy atom. The summed E-state index contributed by atoms with van der Waals surface area (Å²) in [6, 6.07) is 57.1. The Morgan fingerprint density at radius 1 is 0.408 bits per heavy atom. The molecule has 0 unspecified atom stereocenters. The fourth-order valence-corrected chi connectivity index (χ4v) is 7.41. The van der Waals surface area contributed by atoms with Gasteiger partial charge in [-0.2, -0.15) is 10.5 Å². The van der Waals surface area contributed by atoms with E-state index < -0.39 is 0 Å². The van der Waals surface area contributed by atoms with Crippen LogP contribution >= 0.6 is 0 Å². The van der Waals surface area contributed by atoms with Gasteiger partial charge < -0.3 is 9.13 Å². The molecule has 9 aromatic rings. The van der Waals surface area contributed by atoms with Crippen LogP contribution in [0.2, 0.25) is 0 Å². The lowest BCUT2D eigenvalue weighted by atomic mass is 9.91. The number of fused-ring (bicyclic) bond motifs is 6. The van der Waals surface area contributed by atoms with Gasteiger partial charge in [-0.15, -0.1) is 0 Å². The van der Waals surface area contributed by atoms with Crippen molar-refractivity contribution >= 4 is 43.6 Å². The third-order valence-corrected chi connectivity index (χ3v) is 9.68. The van der Waals surface area contributed by atoms with Crippen molar-refractivity contribution < 1.29 is 0 Å². The van der Waals surface area contributed by atoms with E-state index in [1.807, 2.05) is 6.07 Å². The molecular formula is C45H28N4. The SMILES string of the molecule is Cc1ccc2c(c1)c1ccccc1n2-c1ccc(-c2cc(-c3ccc(-n4c5ccccc5c5ccccc54)cc3)c(C#N)cc2C#N)cc1. The van der Waals surface area contributed by atoms with Crippen molar-refractivity contribution in [3.8, 4) is 45.8 Å². The van der Waals surface area contributed by atoms with Crippen LogP contribution in [0, 0.1) is 29.6 Å². The smallest absolute Gasteiger partial charge is 0.0998 e. The van der Waals surface area contributed by atoms with Crippen molar-refractivity contribution in [3.05, 3.63) is 168 Å². The molecule has 4 heteroatoms. The van der Waals surface area contributed by atoms with Gasteiger partial charge in [0.2, 0.25) is 0 Å². The number of hydrogen-bond donors (Lipinski definition) is 0. The third kappa shape index (κ3) is 4.43. The van der Waals surface area contributed by atoms with E-state index in [2.05, 4.69) is 168 Å². The Morgan fingerprint density at radius 2 is 0.816 bits per heavy atom. The number of nitrogens with zero attached hydrogens (tertiary/aromatic N) is 4. The van der Waals surface area contributed by atoms with Crippen molar-refractivity contribution in [1.82, 2.24) is 9.13 Å². The Kier molecular flexibility index (Phi) is 6.44. The molecule has 49 heavy (non-hydrogen) atoms. The second-order valence-corrected chi connectivity index (χ2v) is 12.5. The minimum atomic E-state index is 0.474. The summed E-state index contributed by atoms with van der Waals surface area (Å²) in [6.45, 7) is 2.12. The summed E-state index contributed by atoms with van der Waals surface area (Å²) < 4.78 is 4.58. The lowest BCUT2D eigenvalue weighted by Crippen LogP contribution is -1.96. The summed E-state index contributed by atoms with van der Waals surface area (Å²) >= 11 is 0. The van der Waals surface area contributed by atoms with Crippen LogP contribution in [-0.2, 0) is 0 Å². The summed E-state index contributed by atoms with van der Waals surface area (Å²) in [4.78, 5) is 0. The molecule has 0 radical (unpaired) electrons. The average Bonchev–Trinajstić information content (AvgIpc) is 3.67. The summed E-state index contributed by atoms with van der Waals surface area (Å²) in [5.41, 5.74) is 12.3. The van der Waals surface area contributed by atoms with Crippen molar-refractivity contribution in [1.29, 1.82) is 10.5 Å². The maximum absolute atomic E-state index is 10.2. The first-order chi connectivity index (χ1) is 24.1. The molecule has 228 valence electrons. The molecule has 0 fully saturated rings. The van der Waals surface area contributed by atoms with E-state index in [0.29, 0.717) is 11.1 Å². The number of benzene rings is 7. The Bertz CT molecular complexity index is 2780. The highest BCUT2D eigenvalue weighted by Gasteiger charge is 2.17. The summed E-state index contributed by atoms with van der Waals surface area (Å²) in [5.74, 6) is 0. The van der Waals surface area contributed by atoms with Gasteiger partial charge in [-0.3, -0.25) is 0 Å². The topological polar surface area (TPSA) is 57.4 Å². The first kappa shape index (κ1) is 28.4. The number of nitriles is 2. The predicted molar refractivity (Wildman–Crippen MR) is 200 cm³/mol. The molecule has 0 aliphatic carbocycles. The molecule has 9 rings (SSSR count). The minimum absolute atomic E-state index is 0.474. The number of aromatic nitrogens is 2. The molecule has 0 aliphatic heterocycles. The molecule has 2 heterocycles. The van der Waals surface area contributed by atoms with Gasteiger partial charge in [0, 0.05) is 44.0 Å². The Hall–Kier alpha value is -6.88. The Balaban J connectivity index is 1.13. The van der Waals surface area contributed by atoms with E-state index in [1.165, 1.54) is 27.1 Å². The van der Waals surface area contributed by atoms with Gasteiger partial charge >= 0.3 is 0 Å². The monoisotopic (exact) mass is 624 g/mol. The number of aryl methyl sites for hydroxylation is 1. The van der Waals surface area contributed by atoms with Crippen molar-refractivity contribution in [3.63, 3.8) is 0 Å². The molecule has 0 aliphatic rings. The van der Waals surface area contributed by atoms with Gasteiger partial charge in [-0.1, -0.05) is 90.5 Å². The number of rotatable bonds is 4. The highest BCUT2D eigenvalue weighted by Crippen LogP contribution is 2.37. The zero-order valence-electron chi connectivity index (χ0n) is 26.7. The van der Waals surface area contributed by atoms with E-state index in [0.717, 1.165) is 55.7 Å². The van der Waals surface area contributed by atoms with Gasteiger partial charge in [0.15, 0.2) is 0 Å². The average molecular weight is 625 g/mol. The number of hydrogen-bond acceptors (Lipinski definition) is 2. The van der Waals surface area contributed by atoms with Crippen LogP contribution in [0.3, 0.4) is 0 Å². The molecule has 0 bridgehead atoms. The van der Waals surface area contributed by atoms with E-state index >= 15 is 0 Å². The summed E-state index contributed by atoms with van der Waals surface area (Å²) in [7, 11) is 0. The second kappa shape index (κ2) is 11.1. The predicted octanol–water partition coefficient (Wildman–Crippen LogP) is 11.3. The van der Waals surface area contributed by atoms with Crippen molar-refractivity contribution in [2.75, 3.05) is 0 Å². The largest absolute Gasteiger partial charge is 0.309 e. The van der Waals surface area contributed by atoms with Crippen LogP contribution in [0.4, 0.5) is 0 Å². The van der Waals surface area contributed by atoms with E-state index in [9.17, 15) is 10.5 Å². The van der Waals surface area contributed by atoms with E-state index in [4.69, 9.17) is 0 Å². The molecule has 0 amide bonds. The van der Waals surface area contributed by atoms with Crippen molar-refractivity contribution in [2.45, 2.75) is 6.92 Å². The van der Waals surface area contributed by atoms with Gasteiger partial charge in [0.1, 0.15) is 0 Å². The quantitative estimate of drug-likeness (QED) is 0.196. The summed E-state index contributed by atoms with van der Waals surface area (Å²) in [6.07, 6.45) is 0. The molecule has 7 aromatic carbocycles. The molecule has 0 saturated carbocycles. The van der Waals surface area contributed by atoms with Gasteiger partial charge in [0.05, 0.1) is 45.3 Å². The molecule has 0 saturated heterocycles. The highest BCUT2D eigenvalue weighted by atomic mass is 15.0. The van der Waals surface area contributed by atoms with Crippen LogP contribution in [0.1, 0.15) is 16.7 Å². The van der Waals surface area contributed by atoms with Crippen LogP contribution in [-0.4, -0.2) is 9.13 Å². The second-order valence-electron chi connectivity index (χ2n) is 12.5. The van der Waals surface area contributed by atoms with Crippen LogP contribution in [0.15, 0.2) is 152 Å².